The van der Waals surface area contributed by atoms with E-state index in [1.54, 1.807) is 12.1 Å². The molecule has 0 fully saturated rings. The van der Waals surface area contributed by atoms with Gasteiger partial charge in [-0.15, -0.1) is 11.3 Å². The first-order valence-electron chi connectivity index (χ1n) is 7.58. The summed E-state index contributed by atoms with van der Waals surface area (Å²) in [6, 6.07) is 7.25. The molecule has 1 heterocycles. The maximum absolute atomic E-state index is 12.3. The number of anilines is 1. The van der Waals surface area contributed by atoms with E-state index >= 15 is 0 Å². The lowest BCUT2D eigenvalue weighted by molar-refractivity contribution is -0.136. The second-order valence-electron chi connectivity index (χ2n) is 5.32. The summed E-state index contributed by atoms with van der Waals surface area (Å²) in [7, 11) is 0. The van der Waals surface area contributed by atoms with Crippen LogP contribution in [0.2, 0.25) is 0 Å². The van der Waals surface area contributed by atoms with Crippen molar-refractivity contribution in [3.05, 3.63) is 45.4 Å². The van der Waals surface area contributed by atoms with Crippen LogP contribution < -0.4 is 5.32 Å². The number of hydrogen-bond donors (Lipinski definition) is 2. The van der Waals surface area contributed by atoms with E-state index < -0.39 is 5.97 Å². The maximum Gasteiger partial charge on any atom is 0.303 e. The van der Waals surface area contributed by atoms with Gasteiger partial charge in [-0.05, 0) is 43.9 Å². The SMILES string of the molecule is CCCc1nc(C)c(C(=O)Nc2ccc(CCC(=O)O)cc2)s1. The van der Waals surface area contributed by atoms with Gasteiger partial charge in [0.15, 0.2) is 0 Å². The van der Waals surface area contributed by atoms with Gasteiger partial charge in [0.1, 0.15) is 4.88 Å². The molecule has 2 rings (SSSR count). The zero-order chi connectivity index (χ0) is 16.8. The smallest absolute Gasteiger partial charge is 0.303 e. The van der Waals surface area contributed by atoms with Crippen molar-refractivity contribution in [1.82, 2.24) is 4.98 Å². The minimum atomic E-state index is -0.814. The first-order valence-corrected chi connectivity index (χ1v) is 8.39. The highest BCUT2D eigenvalue weighted by Gasteiger charge is 2.15. The van der Waals surface area contributed by atoms with Crippen LogP contribution in [0.3, 0.4) is 0 Å². The van der Waals surface area contributed by atoms with Crippen molar-refractivity contribution in [1.29, 1.82) is 0 Å². The van der Waals surface area contributed by atoms with Gasteiger partial charge < -0.3 is 10.4 Å². The van der Waals surface area contributed by atoms with Crippen molar-refractivity contribution in [3.63, 3.8) is 0 Å². The average Bonchev–Trinajstić information content (AvgIpc) is 2.87. The number of carboxylic acid groups (broad SMARTS) is 1. The molecular formula is C17H20N2O3S. The summed E-state index contributed by atoms with van der Waals surface area (Å²) in [4.78, 5) is 28.0. The Hall–Kier alpha value is -2.21. The molecule has 122 valence electrons. The number of thiazole rings is 1. The van der Waals surface area contributed by atoms with Crippen LogP contribution in [0.4, 0.5) is 5.69 Å². The van der Waals surface area contributed by atoms with Crippen LogP contribution in [-0.4, -0.2) is 22.0 Å². The Labute approximate surface area is 139 Å². The van der Waals surface area contributed by atoms with Crippen molar-refractivity contribution < 1.29 is 14.7 Å². The Kier molecular flexibility index (Phi) is 5.87. The highest BCUT2D eigenvalue weighted by Crippen LogP contribution is 2.21. The summed E-state index contributed by atoms with van der Waals surface area (Å²) in [5.74, 6) is -0.966. The van der Waals surface area contributed by atoms with Crippen LogP contribution in [0.5, 0.6) is 0 Å². The Balaban J connectivity index is 2.01. The molecule has 0 aliphatic heterocycles. The number of nitrogens with one attached hydrogen (secondary N) is 1. The Morgan fingerprint density at radius 1 is 1.22 bits per heavy atom. The van der Waals surface area contributed by atoms with E-state index in [2.05, 4.69) is 17.2 Å². The van der Waals surface area contributed by atoms with Crippen LogP contribution in [0.15, 0.2) is 24.3 Å². The molecule has 1 aromatic carbocycles. The van der Waals surface area contributed by atoms with E-state index in [0.29, 0.717) is 17.0 Å². The molecule has 0 saturated carbocycles. The second kappa shape index (κ2) is 7.87. The fraction of sp³-hybridized carbons (Fsp3) is 0.353. The lowest BCUT2D eigenvalue weighted by Crippen LogP contribution is -2.11. The number of benzene rings is 1. The van der Waals surface area contributed by atoms with Crippen molar-refractivity contribution in [2.45, 2.75) is 39.5 Å². The first-order chi connectivity index (χ1) is 11.0. The summed E-state index contributed by atoms with van der Waals surface area (Å²) < 4.78 is 0. The van der Waals surface area contributed by atoms with Gasteiger partial charge in [0, 0.05) is 12.1 Å². The summed E-state index contributed by atoms with van der Waals surface area (Å²) in [5.41, 5.74) is 2.39. The first kappa shape index (κ1) is 17.1. The molecule has 0 saturated heterocycles. The number of amides is 1. The normalized spacial score (nSPS) is 10.5. The number of carbonyl (C=O) groups is 2. The topological polar surface area (TPSA) is 79.3 Å². The molecule has 0 aliphatic carbocycles. The van der Waals surface area contributed by atoms with Gasteiger partial charge >= 0.3 is 5.97 Å². The number of carboxylic acids is 1. The summed E-state index contributed by atoms with van der Waals surface area (Å²) >= 11 is 1.44. The van der Waals surface area contributed by atoms with E-state index in [-0.39, 0.29) is 12.3 Å². The van der Waals surface area contributed by atoms with Crippen molar-refractivity contribution >= 4 is 28.9 Å². The predicted molar refractivity (Wildman–Crippen MR) is 91.2 cm³/mol. The van der Waals surface area contributed by atoms with Gasteiger partial charge in [-0.3, -0.25) is 9.59 Å². The zero-order valence-electron chi connectivity index (χ0n) is 13.3. The van der Waals surface area contributed by atoms with Gasteiger partial charge in [0.25, 0.3) is 5.91 Å². The molecule has 0 spiro atoms. The van der Waals surface area contributed by atoms with E-state index in [9.17, 15) is 9.59 Å². The number of carbonyl (C=O) groups excluding carboxylic acids is 1. The third kappa shape index (κ3) is 4.89. The van der Waals surface area contributed by atoms with Gasteiger partial charge in [-0.1, -0.05) is 19.1 Å². The lowest BCUT2D eigenvalue weighted by Gasteiger charge is -2.05. The summed E-state index contributed by atoms with van der Waals surface area (Å²) in [6.07, 6.45) is 2.48. The molecular weight excluding hydrogens is 312 g/mol. The molecule has 2 aromatic rings. The monoisotopic (exact) mass is 332 g/mol. The van der Waals surface area contributed by atoms with Gasteiger partial charge in [0.05, 0.1) is 10.7 Å². The summed E-state index contributed by atoms with van der Waals surface area (Å²) in [6.45, 7) is 3.93. The van der Waals surface area contributed by atoms with E-state index in [0.717, 1.165) is 29.1 Å². The van der Waals surface area contributed by atoms with Crippen LogP contribution in [-0.2, 0) is 17.6 Å². The highest BCUT2D eigenvalue weighted by atomic mass is 32.1. The highest BCUT2D eigenvalue weighted by molar-refractivity contribution is 7.13. The molecule has 0 aliphatic rings. The molecule has 0 unspecified atom stereocenters. The van der Waals surface area contributed by atoms with E-state index in [1.165, 1.54) is 11.3 Å². The molecule has 0 atom stereocenters. The van der Waals surface area contributed by atoms with Crippen LogP contribution in [0.25, 0.3) is 0 Å². The van der Waals surface area contributed by atoms with Crippen LogP contribution in [0, 0.1) is 6.92 Å². The number of aliphatic carboxylic acids is 1. The Morgan fingerprint density at radius 2 is 1.91 bits per heavy atom. The van der Waals surface area contributed by atoms with Gasteiger partial charge in [0.2, 0.25) is 0 Å². The van der Waals surface area contributed by atoms with E-state index in [1.807, 2.05) is 19.1 Å². The molecule has 6 heteroatoms. The van der Waals surface area contributed by atoms with Crippen molar-refractivity contribution in [2.75, 3.05) is 5.32 Å². The third-order valence-corrected chi connectivity index (χ3v) is 4.57. The quantitative estimate of drug-likeness (QED) is 0.811. The molecule has 2 N–H and O–H groups in total. The molecule has 0 bridgehead atoms. The summed E-state index contributed by atoms with van der Waals surface area (Å²) in [5, 5.41) is 12.5. The Morgan fingerprint density at radius 3 is 2.52 bits per heavy atom. The standard InChI is InChI=1S/C17H20N2O3S/c1-3-4-14-18-11(2)16(23-14)17(22)19-13-8-5-12(6-9-13)7-10-15(20)21/h5-6,8-9H,3-4,7,10H2,1-2H3,(H,19,22)(H,20,21). The maximum atomic E-state index is 12.3. The largest absolute Gasteiger partial charge is 0.481 e. The minimum absolute atomic E-state index is 0.103. The number of nitrogens with zero attached hydrogens (tertiary/aromatic N) is 1. The zero-order valence-corrected chi connectivity index (χ0v) is 14.1. The molecule has 0 radical (unpaired) electrons. The van der Waals surface area contributed by atoms with Crippen molar-refractivity contribution in [2.24, 2.45) is 0 Å². The minimum Gasteiger partial charge on any atom is -0.481 e. The second-order valence-corrected chi connectivity index (χ2v) is 6.40. The number of aryl methyl sites for hydroxylation is 3. The number of hydrogen-bond acceptors (Lipinski definition) is 4. The van der Waals surface area contributed by atoms with Crippen LogP contribution in [0.1, 0.15) is 45.7 Å². The average molecular weight is 332 g/mol. The van der Waals surface area contributed by atoms with Crippen molar-refractivity contribution in [3.8, 4) is 0 Å². The van der Waals surface area contributed by atoms with Crippen LogP contribution >= 0.6 is 11.3 Å². The molecule has 1 amide bonds. The molecule has 1 aromatic heterocycles. The predicted octanol–water partition coefficient (Wildman–Crippen LogP) is 3.67. The van der Waals surface area contributed by atoms with E-state index in [4.69, 9.17) is 5.11 Å². The molecule has 23 heavy (non-hydrogen) atoms. The molecule has 5 nitrogen and oxygen atoms in total. The van der Waals surface area contributed by atoms with Gasteiger partial charge in [-0.25, -0.2) is 4.98 Å². The number of rotatable bonds is 7. The fourth-order valence-corrected chi connectivity index (χ4v) is 3.24. The Bertz CT molecular complexity index is 692. The fourth-order valence-electron chi connectivity index (χ4n) is 2.18. The van der Waals surface area contributed by atoms with Gasteiger partial charge in [-0.2, -0.15) is 0 Å². The number of aromatic nitrogens is 1. The third-order valence-electron chi connectivity index (χ3n) is 3.35. The lowest BCUT2D eigenvalue weighted by atomic mass is 10.1.